The number of aliphatic hydroxyl groups is 1. The molecule has 0 radical (unpaired) electrons. The number of para-hydroxylation sites is 1. The van der Waals surface area contributed by atoms with Gasteiger partial charge in [0.05, 0.1) is 48.0 Å². The van der Waals surface area contributed by atoms with Gasteiger partial charge in [-0.1, -0.05) is 73.1 Å². The number of fused-ring (bicyclic) bond motifs is 3. The molecule has 51 heavy (non-hydrogen) atoms. The summed E-state index contributed by atoms with van der Waals surface area (Å²) in [7, 11) is -3.03. The number of hydrogen-bond donors (Lipinski definition) is 3. The normalized spacial score (nSPS) is 21.5. The number of ether oxygens (including phenoxy) is 1. The minimum atomic E-state index is -3.03. The van der Waals surface area contributed by atoms with E-state index in [-0.39, 0.29) is 43.5 Å². The van der Waals surface area contributed by atoms with E-state index in [1.807, 2.05) is 98.9 Å². The number of H-pyrrole nitrogens is 1. The number of amides is 2. The van der Waals surface area contributed by atoms with E-state index in [4.69, 9.17) is 16.3 Å². The molecular formula is C39H41ClN4O6Si. The van der Waals surface area contributed by atoms with Crippen LogP contribution in [0.25, 0.3) is 16.6 Å². The summed E-state index contributed by atoms with van der Waals surface area (Å²) in [5.41, 5.74) is 2.36. The molecule has 4 atom stereocenters. The number of aliphatic hydroxyl groups excluding tert-OH is 1. The summed E-state index contributed by atoms with van der Waals surface area (Å²) < 4.78 is 8.36. The number of aromatic nitrogens is 2. The number of hydrogen-bond acceptors (Lipinski definition) is 6. The third-order valence-electron chi connectivity index (χ3n) is 10.4. The Balaban J connectivity index is 1.19. The van der Waals surface area contributed by atoms with E-state index in [1.54, 1.807) is 28.0 Å². The second-order valence-corrected chi connectivity index (χ2v) is 18.5. The summed E-state index contributed by atoms with van der Waals surface area (Å²) in [5.74, 6) is -0.987. The minimum Gasteiger partial charge on any atom is -0.432 e. The van der Waals surface area contributed by atoms with E-state index in [2.05, 4.69) is 5.10 Å². The molecule has 1 aromatic heterocycles. The molecule has 0 aliphatic carbocycles. The van der Waals surface area contributed by atoms with Gasteiger partial charge in [-0.2, -0.15) is 0 Å². The first-order valence-corrected chi connectivity index (χ1v) is 20.6. The van der Waals surface area contributed by atoms with Crippen LogP contribution in [0.4, 0.5) is 5.69 Å². The number of anilines is 1. The second-order valence-electron chi connectivity index (χ2n) is 14.1. The first kappa shape index (κ1) is 34.9. The Morgan fingerprint density at radius 3 is 2.37 bits per heavy atom. The summed E-state index contributed by atoms with van der Waals surface area (Å²) in [4.78, 5) is 56.7. The molecule has 12 heteroatoms. The van der Waals surface area contributed by atoms with Gasteiger partial charge in [0.1, 0.15) is 0 Å². The summed E-state index contributed by atoms with van der Waals surface area (Å²) in [6.45, 7) is 6.05. The maximum atomic E-state index is 14.8. The van der Waals surface area contributed by atoms with Crippen LogP contribution in [-0.4, -0.2) is 64.0 Å². The molecule has 2 aliphatic rings. The van der Waals surface area contributed by atoms with E-state index in [0.717, 1.165) is 16.6 Å². The van der Waals surface area contributed by atoms with Crippen LogP contribution in [-0.2, 0) is 33.0 Å². The largest absolute Gasteiger partial charge is 0.432 e. The number of nitrogens with one attached hydrogen (secondary N) is 1. The Morgan fingerprint density at radius 1 is 0.980 bits per heavy atom. The highest BCUT2D eigenvalue weighted by Gasteiger charge is 2.66. The van der Waals surface area contributed by atoms with Crippen molar-refractivity contribution in [2.24, 2.45) is 5.92 Å². The lowest BCUT2D eigenvalue weighted by Crippen LogP contribution is -2.46. The van der Waals surface area contributed by atoms with Crippen molar-refractivity contribution in [2.45, 2.75) is 56.8 Å². The van der Waals surface area contributed by atoms with Crippen molar-refractivity contribution in [1.29, 1.82) is 0 Å². The van der Waals surface area contributed by atoms with Gasteiger partial charge < -0.3 is 24.4 Å². The SMILES string of the molecule is C[C@@H]1[C@@H]([Si](C)(C)O)[C@H](CC(=O)N(CCO)Cc2ccccc2)O[C@@]12C(=O)N(Cc1ccc(-n3[nH]c4ccccc4c3=O)cc1)c1ccc(Cl)cc12. The molecule has 2 aliphatic heterocycles. The van der Waals surface area contributed by atoms with Gasteiger partial charge in [-0.15, -0.1) is 0 Å². The molecule has 0 bridgehead atoms. The van der Waals surface area contributed by atoms with Crippen LogP contribution in [0.15, 0.2) is 102 Å². The highest BCUT2D eigenvalue weighted by Crippen LogP contribution is 2.60. The van der Waals surface area contributed by atoms with Gasteiger partial charge in [-0.3, -0.25) is 19.5 Å². The topological polar surface area (TPSA) is 128 Å². The quantitative estimate of drug-likeness (QED) is 0.158. The van der Waals surface area contributed by atoms with Crippen molar-refractivity contribution in [2.75, 3.05) is 18.1 Å². The molecule has 264 valence electrons. The molecular weight excluding hydrogens is 684 g/mol. The fraction of sp³-hybridized carbons (Fsp3) is 0.308. The molecule has 1 saturated heterocycles. The van der Waals surface area contributed by atoms with Crippen molar-refractivity contribution in [3.8, 4) is 5.69 Å². The Bertz CT molecular complexity index is 2150. The number of benzene rings is 4. The first-order valence-electron chi connectivity index (χ1n) is 17.2. The molecule has 7 rings (SSSR count). The van der Waals surface area contributed by atoms with Gasteiger partial charge in [0.2, 0.25) is 5.91 Å². The van der Waals surface area contributed by atoms with Gasteiger partial charge >= 0.3 is 0 Å². The van der Waals surface area contributed by atoms with Crippen molar-refractivity contribution >= 4 is 48.3 Å². The monoisotopic (exact) mass is 724 g/mol. The number of nitrogens with zero attached hydrogens (tertiary/aromatic N) is 3. The van der Waals surface area contributed by atoms with Crippen LogP contribution in [0.2, 0.25) is 23.7 Å². The maximum absolute atomic E-state index is 14.8. The van der Waals surface area contributed by atoms with E-state index >= 15 is 0 Å². The lowest BCUT2D eigenvalue weighted by atomic mass is 9.82. The van der Waals surface area contributed by atoms with Crippen LogP contribution in [0.5, 0.6) is 0 Å². The Hall–Kier alpha value is -4.52. The first-order chi connectivity index (χ1) is 24.4. The standard InChI is InChI=1S/C39H41ClN4O6Si/c1-25-36(51(2,3)49)34(22-35(46)42(19-20-45)23-26-9-5-4-6-10-26)50-39(25)31-21-28(40)15-18-33(31)43(38(39)48)24-27-13-16-29(17-14-27)44-37(47)30-11-7-8-12-32(30)41-44/h4-18,21,25,34,36,41,45,49H,19-20,22-24H2,1-3H3/t25-,34+,36-,39+/m1/s1. The number of carbonyl (C=O) groups excluding carboxylic acids is 2. The summed E-state index contributed by atoms with van der Waals surface area (Å²) >= 11 is 6.57. The summed E-state index contributed by atoms with van der Waals surface area (Å²) in [5, 5.41) is 14.0. The number of halogens is 1. The fourth-order valence-corrected chi connectivity index (χ4v) is 10.8. The number of aromatic amines is 1. The summed E-state index contributed by atoms with van der Waals surface area (Å²) in [6.07, 6.45) is -0.806. The maximum Gasteiger partial charge on any atom is 0.279 e. The highest BCUT2D eigenvalue weighted by atomic mass is 35.5. The van der Waals surface area contributed by atoms with Gasteiger partial charge in [0.15, 0.2) is 13.9 Å². The molecule has 0 saturated carbocycles. The van der Waals surface area contributed by atoms with E-state index in [0.29, 0.717) is 33.9 Å². The average molecular weight is 725 g/mol. The molecule has 3 N–H and O–H groups in total. The lowest BCUT2D eigenvalue weighted by Gasteiger charge is -2.32. The molecule has 5 aromatic rings. The molecule has 2 amide bonds. The second kappa shape index (κ2) is 13.6. The third kappa shape index (κ3) is 6.23. The van der Waals surface area contributed by atoms with Crippen molar-refractivity contribution in [3.05, 3.63) is 129 Å². The zero-order valence-electron chi connectivity index (χ0n) is 28.8. The smallest absolute Gasteiger partial charge is 0.279 e. The zero-order chi connectivity index (χ0) is 36.1. The fourth-order valence-electron chi connectivity index (χ4n) is 8.10. The molecule has 3 heterocycles. The average Bonchev–Trinajstić information content (AvgIpc) is 3.68. The van der Waals surface area contributed by atoms with E-state index in [9.17, 15) is 24.3 Å². The van der Waals surface area contributed by atoms with Crippen LogP contribution in [0.3, 0.4) is 0 Å². The van der Waals surface area contributed by atoms with Gasteiger partial charge in [0.25, 0.3) is 11.5 Å². The van der Waals surface area contributed by atoms with E-state index in [1.165, 1.54) is 4.68 Å². The van der Waals surface area contributed by atoms with Crippen LogP contribution in [0.1, 0.15) is 30.0 Å². The van der Waals surface area contributed by atoms with E-state index < -0.39 is 31.5 Å². The molecule has 0 unspecified atom stereocenters. The van der Waals surface area contributed by atoms with Crippen molar-refractivity contribution < 1.29 is 24.2 Å². The Morgan fingerprint density at radius 2 is 1.69 bits per heavy atom. The summed E-state index contributed by atoms with van der Waals surface area (Å²) in [6, 6.07) is 29.7. The highest BCUT2D eigenvalue weighted by molar-refractivity contribution is 6.71. The molecule has 1 spiro atoms. The van der Waals surface area contributed by atoms with Crippen LogP contribution in [0, 0.1) is 5.92 Å². The third-order valence-corrected chi connectivity index (χ3v) is 13.1. The van der Waals surface area contributed by atoms with Crippen LogP contribution < -0.4 is 10.5 Å². The molecule has 4 aromatic carbocycles. The van der Waals surface area contributed by atoms with Gasteiger partial charge in [0, 0.05) is 35.1 Å². The van der Waals surface area contributed by atoms with Gasteiger partial charge in [-0.25, -0.2) is 4.68 Å². The number of carbonyl (C=O) groups is 2. The zero-order valence-corrected chi connectivity index (χ0v) is 30.5. The Labute approximate surface area is 302 Å². The predicted molar refractivity (Wildman–Crippen MR) is 199 cm³/mol. The van der Waals surface area contributed by atoms with Gasteiger partial charge in [-0.05, 0) is 66.7 Å². The van der Waals surface area contributed by atoms with Crippen molar-refractivity contribution in [3.63, 3.8) is 0 Å². The Kier molecular flexibility index (Phi) is 9.27. The predicted octanol–water partition coefficient (Wildman–Crippen LogP) is 5.73. The number of rotatable bonds is 10. The van der Waals surface area contributed by atoms with Crippen LogP contribution >= 0.6 is 11.6 Å². The molecule has 10 nitrogen and oxygen atoms in total. The lowest BCUT2D eigenvalue weighted by molar-refractivity contribution is -0.150. The minimum absolute atomic E-state index is 0.0572. The molecule has 1 fully saturated rings. The van der Waals surface area contributed by atoms with Crippen molar-refractivity contribution in [1.82, 2.24) is 14.7 Å².